The maximum absolute atomic E-state index is 11.9. The molecule has 1 aliphatic rings. The quantitative estimate of drug-likeness (QED) is 0.841. The second kappa shape index (κ2) is 5.22. The summed E-state index contributed by atoms with van der Waals surface area (Å²) in [4.78, 5) is 13.7. The van der Waals surface area contributed by atoms with E-state index in [2.05, 4.69) is 38.2 Å². The average molecular weight is 264 g/mol. The van der Waals surface area contributed by atoms with Gasteiger partial charge in [-0.25, -0.2) is 4.79 Å². The van der Waals surface area contributed by atoms with E-state index >= 15 is 0 Å². The van der Waals surface area contributed by atoms with Crippen molar-refractivity contribution in [1.29, 1.82) is 0 Å². The molecule has 0 aliphatic carbocycles. The Kier molecular flexibility index (Phi) is 3.85. The molecule has 1 N–H and O–H groups in total. The van der Waals surface area contributed by atoms with Crippen LogP contribution in [0.2, 0.25) is 0 Å². The van der Waals surface area contributed by atoms with Gasteiger partial charge in [0.1, 0.15) is 0 Å². The zero-order valence-electron chi connectivity index (χ0n) is 11.2. The lowest BCUT2D eigenvalue weighted by molar-refractivity contribution is 0.225. The fourth-order valence-electron chi connectivity index (χ4n) is 1.83. The first-order valence-corrected chi connectivity index (χ1v) is 7.36. The molecule has 2 rings (SSSR count). The number of thioether (sulfide) groups is 1. The molecule has 98 valence electrons. The molecule has 1 aliphatic heterocycles. The van der Waals surface area contributed by atoms with Crippen molar-refractivity contribution >= 4 is 23.5 Å². The normalized spacial score (nSPS) is 15.8. The number of hydrogen-bond donors (Lipinski definition) is 1. The molecule has 3 nitrogen and oxygen atoms in total. The minimum atomic E-state index is 0.00325. The molecular formula is C14H20N2OS. The smallest absolute Gasteiger partial charge is 0.314 e. The van der Waals surface area contributed by atoms with Crippen molar-refractivity contribution in [2.45, 2.75) is 26.2 Å². The molecule has 0 spiro atoms. The molecule has 2 amide bonds. The number of nitrogens with one attached hydrogen (secondary N) is 1. The summed E-state index contributed by atoms with van der Waals surface area (Å²) < 4.78 is 0. The van der Waals surface area contributed by atoms with E-state index in [1.54, 1.807) is 11.8 Å². The number of amides is 2. The van der Waals surface area contributed by atoms with Crippen molar-refractivity contribution in [3.8, 4) is 0 Å². The van der Waals surface area contributed by atoms with Crippen molar-refractivity contribution in [3.05, 3.63) is 29.8 Å². The van der Waals surface area contributed by atoms with Crippen LogP contribution in [0, 0.1) is 0 Å². The van der Waals surface area contributed by atoms with E-state index in [0.717, 1.165) is 23.9 Å². The number of carbonyl (C=O) groups excluding carboxylic acids is 1. The van der Waals surface area contributed by atoms with Crippen molar-refractivity contribution in [2.24, 2.45) is 0 Å². The zero-order valence-corrected chi connectivity index (χ0v) is 12.0. The second-order valence-corrected chi connectivity index (χ2v) is 6.63. The van der Waals surface area contributed by atoms with E-state index in [-0.39, 0.29) is 11.4 Å². The van der Waals surface area contributed by atoms with E-state index in [1.807, 2.05) is 17.0 Å². The molecule has 0 aromatic heterocycles. The minimum absolute atomic E-state index is 0.00325. The van der Waals surface area contributed by atoms with E-state index in [1.165, 1.54) is 5.56 Å². The van der Waals surface area contributed by atoms with E-state index < -0.39 is 0 Å². The Morgan fingerprint density at radius 3 is 2.44 bits per heavy atom. The van der Waals surface area contributed by atoms with Crippen LogP contribution in [-0.2, 0) is 5.41 Å². The Labute approximate surface area is 113 Å². The van der Waals surface area contributed by atoms with Gasteiger partial charge in [0.05, 0.1) is 5.88 Å². The molecule has 0 radical (unpaired) electrons. The summed E-state index contributed by atoms with van der Waals surface area (Å²) in [6.45, 7) is 7.39. The third-order valence-electron chi connectivity index (χ3n) is 3.04. The number of anilines is 1. The zero-order chi connectivity index (χ0) is 13.2. The van der Waals surface area contributed by atoms with Gasteiger partial charge in [0.25, 0.3) is 0 Å². The highest BCUT2D eigenvalue weighted by atomic mass is 32.2. The lowest BCUT2D eigenvalue weighted by Crippen LogP contribution is -2.32. The lowest BCUT2D eigenvalue weighted by Gasteiger charge is -2.20. The van der Waals surface area contributed by atoms with Crippen molar-refractivity contribution < 1.29 is 4.79 Å². The van der Waals surface area contributed by atoms with Gasteiger partial charge in [-0.2, -0.15) is 0 Å². The maximum atomic E-state index is 11.9. The molecule has 0 unspecified atom stereocenters. The molecule has 1 aromatic rings. The SMILES string of the molecule is CC(C)(C)c1ccc(NC(=O)N2CCSC2)cc1. The first kappa shape index (κ1) is 13.3. The van der Waals surface area contributed by atoms with Crippen LogP contribution in [-0.4, -0.2) is 29.1 Å². The van der Waals surface area contributed by atoms with Crippen LogP contribution in [0.1, 0.15) is 26.3 Å². The number of carbonyl (C=O) groups is 1. The molecule has 1 saturated heterocycles. The molecule has 0 bridgehead atoms. The van der Waals surface area contributed by atoms with Gasteiger partial charge in [0.15, 0.2) is 0 Å². The molecule has 4 heteroatoms. The van der Waals surface area contributed by atoms with Gasteiger partial charge in [0, 0.05) is 18.0 Å². The summed E-state index contributed by atoms with van der Waals surface area (Å²) >= 11 is 1.79. The monoisotopic (exact) mass is 264 g/mol. The number of urea groups is 1. The first-order valence-electron chi connectivity index (χ1n) is 6.21. The van der Waals surface area contributed by atoms with Crippen LogP contribution >= 0.6 is 11.8 Å². The average Bonchev–Trinajstić information content (AvgIpc) is 2.82. The summed E-state index contributed by atoms with van der Waals surface area (Å²) in [5, 5.41) is 2.94. The third kappa shape index (κ3) is 3.19. The Bertz CT molecular complexity index is 416. The Hall–Kier alpha value is -1.16. The van der Waals surface area contributed by atoms with Crippen molar-refractivity contribution in [3.63, 3.8) is 0 Å². The van der Waals surface area contributed by atoms with Gasteiger partial charge in [-0.3, -0.25) is 0 Å². The summed E-state index contributed by atoms with van der Waals surface area (Å²) in [5.41, 5.74) is 2.29. The molecular weight excluding hydrogens is 244 g/mol. The highest BCUT2D eigenvalue weighted by Crippen LogP contribution is 2.23. The Morgan fingerprint density at radius 2 is 1.94 bits per heavy atom. The van der Waals surface area contributed by atoms with Gasteiger partial charge < -0.3 is 10.2 Å². The summed E-state index contributed by atoms with van der Waals surface area (Å²) in [6, 6.07) is 8.11. The predicted molar refractivity (Wildman–Crippen MR) is 78.2 cm³/mol. The molecule has 1 heterocycles. The van der Waals surface area contributed by atoms with E-state index in [0.29, 0.717) is 0 Å². The fourth-order valence-corrected chi connectivity index (χ4v) is 2.78. The number of hydrogen-bond acceptors (Lipinski definition) is 2. The van der Waals surface area contributed by atoms with Crippen molar-refractivity contribution in [2.75, 3.05) is 23.5 Å². The van der Waals surface area contributed by atoms with E-state index in [4.69, 9.17) is 0 Å². The Balaban J connectivity index is 2.00. The highest BCUT2D eigenvalue weighted by Gasteiger charge is 2.18. The van der Waals surface area contributed by atoms with Gasteiger partial charge in [-0.15, -0.1) is 11.8 Å². The summed E-state index contributed by atoms with van der Waals surface area (Å²) in [7, 11) is 0. The summed E-state index contributed by atoms with van der Waals surface area (Å²) in [6.07, 6.45) is 0. The molecule has 18 heavy (non-hydrogen) atoms. The predicted octanol–water partition coefficient (Wildman–Crippen LogP) is 3.52. The lowest BCUT2D eigenvalue weighted by atomic mass is 9.87. The fraction of sp³-hybridized carbons (Fsp3) is 0.500. The standard InChI is InChI=1S/C14H20N2OS/c1-14(2,3)11-4-6-12(7-5-11)15-13(17)16-8-9-18-10-16/h4-7H,8-10H2,1-3H3,(H,15,17). The highest BCUT2D eigenvalue weighted by molar-refractivity contribution is 7.99. The molecule has 1 aromatic carbocycles. The van der Waals surface area contributed by atoms with Crippen LogP contribution in [0.4, 0.5) is 10.5 Å². The molecule has 1 fully saturated rings. The molecule has 0 saturated carbocycles. The Morgan fingerprint density at radius 1 is 1.28 bits per heavy atom. The maximum Gasteiger partial charge on any atom is 0.322 e. The van der Waals surface area contributed by atoms with Crippen LogP contribution in [0.25, 0.3) is 0 Å². The third-order valence-corrected chi connectivity index (χ3v) is 4.01. The van der Waals surface area contributed by atoms with Crippen LogP contribution in [0.5, 0.6) is 0 Å². The summed E-state index contributed by atoms with van der Waals surface area (Å²) in [5.74, 6) is 1.84. The topological polar surface area (TPSA) is 32.3 Å². The second-order valence-electron chi connectivity index (χ2n) is 5.56. The van der Waals surface area contributed by atoms with Crippen LogP contribution in [0.3, 0.4) is 0 Å². The van der Waals surface area contributed by atoms with Gasteiger partial charge in [-0.05, 0) is 23.1 Å². The number of nitrogens with zero attached hydrogens (tertiary/aromatic N) is 1. The van der Waals surface area contributed by atoms with Crippen molar-refractivity contribution in [1.82, 2.24) is 4.90 Å². The van der Waals surface area contributed by atoms with Gasteiger partial charge in [-0.1, -0.05) is 32.9 Å². The van der Waals surface area contributed by atoms with Crippen LogP contribution < -0.4 is 5.32 Å². The number of benzene rings is 1. The number of rotatable bonds is 1. The minimum Gasteiger partial charge on any atom is -0.314 e. The first-order chi connectivity index (χ1) is 8.47. The largest absolute Gasteiger partial charge is 0.322 e. The molecule has 0 atom stereocenters. The van der Waals surface area contributed by atoms with Crippen LogP contribution in [0.15, 0.2) is 24.3 Å². The van der Waals surface area contributed by atoms with Gasteiger partial charge >= 0.3 is 6.03 Å². The van der Waals surface area contributed by atoms with E-state index in [9.17, 15) is 4.79 Å². The van der Waals surface area contributed by atoms with Gasteiger partial charge in [0.2, 0.25) is 0 Å².